The molecule has 23 heavy (non-hydrogen) atoms. The number of aromatic nitrogens is 2. The molecular weight excluding hydrogens is 312 g/mol. The number of carbonyl (C=O) groups is 1. The molecule has 7 heteroatoms. The molecule has 0 saturated carbocycles. The van der Waals surface area contributed by atoms with Gasteiger partial charge in [-0.05, 0) is 17.5 Å². The van der Waals surface area contributed by atoms with Gasteiger partial charge in [-0.1, -0.05) is 18.2 Å². The summed E-state index contributed by atoms with van der Waals surface area (Å²) in [6.07, 6.45) is 1.55. The Labute approximate surface area is 137 Å². The van der Waals surface area contributed by atoms with Gasteiger partial charge in [-0.2, -0.15) is 4.98 Å². The number of thiophene rings is 1. The molecule has 118 valence electrons. The van der Waals surface area contributed by atoms with E-state index in [2.05, 4.69) is 15.3 Å². The minimum Gasteiger partial charge on any atom is -0.467 e. The maximum atomic E-state index is 12.5. The molecule has 1 N–H and O–H groups in total. The summed E-state index contributed by atoms with van der Waals surface area (Å²) < 4.78 is 6.11. The van der Waals surface area contributed by atoms with Crippen LogP contribution in [0.5, 0.6) is 6.01 Å². The molecule has 0 aliphatic carbocycles. The summed E-state index contributed by atoms with van der Waals surface area (Å²) in [5, 5.41) is 3.93. The van der Waals surface area contributed by atoms with Gasteiger partial charge in [0.05, 0.1) is 18.2 Å². The summed E-state index contributed by atoms with van der Waals surface area (Å²) in [5.41, 5.74) is 0.540. The van der Waals surface area contributed by atoms with Crippen LogP contribution < -0.4 is 15.0 Å². The molecule has 0 aliphatic rings. The van der Waals surface area contributed by atoms with Crippen molar-refractivity contribution in [2.75, 3.05) is 31.4 Å². The second-order valence-corrected chi connectivity index (χ2v) is 6.17. The Bertz CT molecular complexity index is 827. The van der Waals surface area contributed by atoms with Crippen LogP contribution in [0.15, 0.2) is 36.5 Å². The van der Waals surface area contributed by atoms with Crippen molar-refractivity contribution < 1.29 is 9.53 Å². The highest BCUT2D eigenvalue weighted by molar-refractivity contribution is 7.20. The first kappa shape index (κ1) is 15.2. The van der Waals surface area contributed by atoms with E-state index in [1.54, 1.807) is 11.1 Å². The average Bonchev–Trinajstić information content (AvgIpc) is 2.99. The first-order valence-electron chi connectivity index (χ1n) is 6.97. The first-order valence-corrected chi connectivity index (χ1v) is 7.78. The van der Waals surface area contributed by atoms with E-state index >= 15 is 0 Å². The molecule has 1 aromatic carbocycles. The summed E-state index contributed by atoms with van der Waals surface area (Å²) in [6, 6.07) is 10.0. The number of benzene rings is 1. The lowest BCUT2D eigenvalue weighted by Gasteiger charge is -2.16. The molecular formula is C16H16N4O2S. The number of methoxy groups -OCH3 is 1. The molecule has 6 nitrogen and oxygen atoms in total. The Morgan fingerprint density at radius 2 is 2.09 bits per heavy atom. The Hall–Kier alpha value is -2.67. The fraction of sp³-hybridized carbons (Fsp3) is 0.188. The highest BCUT2D eigenvalue weighted by Gasteiger charge is 2.15. The van der Waals surface area contributed by atoms with Crippen LogP contribution in [0.25, 0.3) is 10.1 Å². The molecule has 3 rings (SSSR count). The summed E-state index contributed by atoms with van der Waals surface area (Å²) >= 11 is 1.46. The van der Waals surface area contributed by atoms with E-state index in [-0.39, 0.29) is 11.9 Å². The van der Waals surface area contributed by atoms with Crippen molar-refractivity contribution in [1.29, 1.82) is 0 Å². The van der Waals surface area contributed by atoms with E-state index in [9.17, 15) is 4.79 Å². The summed E-state index contributed by atoms with van der Waals surface area (Å²) in [4.78, 5) is 23.3. The Kier molecular flexibility index (Phi) is 4.12. The molecule has 2 heterocycles. The number of anilines is 2. The molecule has 0 aliphatic heterocycles. The second kappa shape index (κ2) is 6.21. The van der Waals surface area contributed by atoms with Crippen LogP contribution in [0.3, 0.4) is 0 Å². The third-order valence-electron chi connectivity index (χ3n) is 3.25. The highest BCUT2D eigenvalue weighted by atomic mass is 32.1. The molecule has 0 unspecified atom stereocenters. The van der Waals surface area contributed by atoms with Gasteiger partial charge in [0.15, 0.2) is 5.82 Å². The summed E-state index contributed by atoms with van der Waals surface area (Å²) in [6.45, 7) is 0. The molecule has 1 amide bonds. The number of nitrogens with one attached hydrogen (secondary N) is 1. The lowest BCUT2D eigenvalue weighted by atomic mass is 10.2. The zero-order chi connectivity index (χ0) is 16.4. The van der Waals surface area contributed by atoms with Gasteiger partial charge in [0.2, 0.25) is 0 Å². The van der Waals surface area contributed by atoms with Gasteiger partial charge in [0.1, 0.15) is 5.69 Å². The van der Waals surface area contributed by atoms with Crippen molar-refractivity contribution in [3.63, 3.8) is 0 Å². The van der Waals surface area contributed by atoms with Gasteiger partial charge < -0.3 is 15.0 Å². The minimum absolute atomic E-state index is 0.178. The van der Waals surface area contributed by atoms with Crippen LogP contribution in [-0.2, 0) is 0 Å². The quantitative estimate of drug-likeness (QED) is 0.797. The van der Waals surface area contributed by atoms with E-state index in [0.29, 0.717) is 16.4 Å². The van der Waals surface area contributed by atoms with Crippen LogP contribution in [0, 0.1) is 0 Å². The largest absolute Gasteiger partial charge is 0.467 e. The van der Waals surface area contributed by atoms with Gasteiger partial charge in [0, 0.05) is 18.8 Å². The number of ether oxygens (including phenoxy) is 1. The number of carbonyl (C=O) groups excluding carboxylic acids is 1. The van der Waals surface area contributed by atoms with Crippen LogP contribution in [0.2, 0.25) is 0 Å². The number of amides is 1. The first-order chi connectivity index (χ1) is 11.1. The van der Waals surface area contributed by atoms with E-state index in [4.69, 9.17) is 4.74 Å². The van der Waals surface area contributed by atoms with Crippen molar-refractivity contribution in [3.8, 4) is 6.01 Å². The molecule has 3 aromatic rings. The predicted molar refractivity (Wildman–Crippen MR) is 92.7 cm³/mol. The highest BCUT2D eigenvalue weighted by Crippen LogP contribution is 2.28. The van der Waals surface area contributed by atoms with E-state index in [1.165, 1.54) is 18.4 Å². The Balaban J connectivity index is 1.90. The van der Waals surface area contributed by atoms with E-state index < -0.39 is 0 Å². The monoisotopic (exact) mass is 328 g/mol. The molecule has 0 fully saturated rings. The fourth-order valence-corrected chi connectivity index (χ4v) is 3.12. The van der Waals surface area contributed by atoms with Crippen molar-refractivity contribution in [1.82, 2.24) is 9.97 Å². The molecule has 0 bridgehead atoms. The molecule has 0 radical (unpaired) electrons. The number of fused-ring (bicyclic) bond motifs is 1. The topological polar surface area (TPSA) is 67.3 Å². The van der Waals surface area contributed by atoms with Crippen molar-refractivity contribution in [3.05, 3.63) is 41.4 Å². The maximum Gasteiger partial charge on any atom is 0.318 e. The number of rotatable bonds is 4. The Morgan fingerprint density at radius 1 is 1.30 bits per heavy atom. The van der Waals surface area contributed by atoms with Crippen molar-refractivity contribution in [2.24, 2.45) is 0 Å². The summed E-state index contributed by atoms with van der Waals surface area (Å²) in [7, 11) is 5.19. The van der Waals surface area contributed by atoms with Crippen molar-refractivity contribution in [2.45, 2.75) is 0 Å². The SMILES string of the molecule is COc1ncc(NC(=O)c2cc3ccccc3s2)c(N(C)C)n1. The average molecular weight is 328 g/mol. The van der Waals surface area contributed by atoms with Crippen LogP contribution in [-0.4, -0.2) is 37.1 Å². The van der Waals surface area contributed by atoms with Gasteiger partial charge in [-0.15, -0.1) is 11.3 Å². The number of hydrogen-bond acceptors (Lipinski definition) is 6. The van der Waals surface area contributed by atoms with Crippen LogP contribution in [0.4, 0.5) is 11.5 Å². The second-order valence-electron chi connectivity index (χ2n) is 5.09. The normalized spacial score (nSPS) is 10.6. The van der Waals surface area contributed by atoms with Gasteiger partial charge in [-0.25, -0.2) is 4.98 Å². The van der Waals surface area contributed by atoms with Crippen molar-refractivity contribution >= 4 is 38.8 Å². The smallest absolute Gasteiger partial charge is 0.318 e. The lowest BCUT2D eigenvalue weighted by Crippen LogP contribution is -2.18. The summed E-state index contributed by atoms with van der Waals surface area (Å²) in [5.74, 6) is 0.411. The van der Waals surface area contributed by atoms with Gasteiger partial charge >= 0.3 is 6.01 Å². The molecule has 2 aromatic heterocycles. The molecule has 0 spiro atoms. The predicted octanol–water partition coefficient (Wildman–Crippen LogP) is 3.02. The van der Waals surface area contributed by atoms with Crippen LogP contribution in [0.1, 0.15) is 9.67 Å². The van der Waals surface area contributed by atoms with E-state index in [1.807, 2.05) is 44.4 Å². The van der Waals surface area contributed by atoms with Crippen LogP contribution >= 0.6 is 11.3 Å². The third-order valence-corrected chi connectivity index (χ3v) is 4.37. The number of hydrogen-bond donors (Lipinski definition) is 1. The standard InChI is InChI=1S/C16H16N4O2S/c1-20(2)14-11(9-17-16(19-14)22-3)18-15(21)13-8-10-6-4-5-7-12(10)23-13/h4-9H,1-3H3,(H,18,21). The maximum absolute atomic E-state index is 12.5. The zero-order valence-corrected chi connectivity index (χ0v) is 13.8. The van der Waals surface area contributed by atoms with Gasteiger partial charge in [-0.3, -0.25) is 4.79 Å². The minimum atomic E-state index is -0.178. The molecule has 0 atom stereocenters. The lowest BCUT2D eigenvalue weighted by molar-refractivity contribution is 0.103. The molecule has 0 saturated heterocycles. The third kappa shape index (κ3) is 3.09. The van der Waals surface area contributed by atoms with E-state index in [0.717, 1.165) is 10.1 Å². The van der Waals surface area contributed by atoms with Gasteiger partial charge in [0.25, 0.3) is 5.91 Å². The Morgan fingerprint density at radius 3 is 2.78 bits per heavy atom. The zero-order valence-electron chi connectivity index (χ0n) is 13.0. The number of nitrogens with zero attached hydrogens (tertiary/aromatic N) is 3. The fourth-order valence-electron chi connectivity index (χ4n) is 2.16.